The summed E-state index contributed by atoms with van der Waals surface area (Å²) in [5.74, 6) is 0.396. The molecule has 1 aromatic heterocycles. The zero-order chi connectivity index (χ0) is 14.5. The number of halogens is 1. The third-order valence-corrected chi connectivity index (χ3v) is 4.61. The van der Waals surface area contributed by atoms with E-state index in [0.29, 0.717) is 10.6 Å². The number of methoxy groups -OCH3 is 1. The van der Waals surface area contributed by atoms with Gasteiger partial charge < -0.3 is 4.74 Å². The molecule has 0 fully saturated rings. The van der Waals surface area contributed by atoms with Crippen molar-refractivity contribution in [1.82, 2.24) is 4.98 Å². The number of ether oxygens (including phenoxy) is 1. The summed E-state index contributed by atoms with van der Waals surface area (Å²) in [5.41, 5.74) is 2.54. The lowest BCUT2D eigenvalue weighted by Crippen LogP contribution is -2.06. The van der Waals surface area contributed by atoms with Crippen LogP contribution < -0.4 is 0 Å². The topological polar surface area (TPSA) is 39.2 Å². The first-order valence-corrected chi connectivity index (χ1v) is 7.82. The molecule has 20 heavy (non-hydrogen) atoms. The van der Waals surface area contributed by atoms with Crippen molar-refractivity contribution in [2.75, 3.05) is 7.11 Å². The van der Waals surface area contributed by atoms with Crippen LogP contribution in [-0.2, 0) is 10.5 Å². The van der Waals surface area contributed by atoms with Crippen LogP contribution in [0.25, 0.3) is 0 Å². The summed E-state index contributed by atoms with van der Waals surface area (Å²) < 4.78 is 5.62. The smallest absolute Gasteiger partial charge is 0.340 e. The van der Waals surface area contributed by atoms with Gasteiger partial charge in [0, 0.05) is 10.2 Å². The van der Waals surface area contributed by atoms with Crippen LogP contribution >= 0.6 is 27.7 Å². The van der Waals surface area contributed by atoms with Crippen LogP contribution in [0.15, 0.2) is 45.9 Å². The van der Waals surface area contributed by atoms with Gasteiger partial charge in [-0.1, -0.05) is 30.3 Å². The number of rotatable bonds is 4. The first kappa shape index (κ1) is 15.1. The molecule has 2 rings (SSSR count). The fourth-order valence-corrected chi connectivity index (χ4v) is 2.96. The maximum Gasteiger partial charge on any atom is 0.340 e. The van der Waals surface area contributed by atoms with E-state index in [9.17, 15) is 4.79 Å². The van der Waals surface area contributed by atoms with Crippen LogP contribution in [0.2, 0.25) is 0 Å². The Bertz CT molecular complexity index is 617. The molecule has 0 unspecified atom stereocenters. The lowest BCUT2D eigenvalue weighted by molar-refractivity contribution is 0.0595. The van der Waals surface area contributed by atoms with Crippen molar-refractivity contribution in [2.24, 2.45) is 0 Å². The summed E-state index contributed by atoms with van der Waals surface area (Å²) in [6, 6.07) is 11.8. The molecule has 5 heteroatoms. The van der Waals surface area contributed by atoms with E-state index >= 15 is 0 Å². The minimum Gasteiger partial charge on any atom is -0.465 e. The predicted molar refractivity (Wildman–Crippen MR) is 84.0 cm³/mol. The van der Waals surface area contributed by atoms with Gasteiger partial charge in [-0.3, -0.25) is 0 Å². The molecule has 0 atom stereocenters. The number of hydrogen-bond donors (Lipinski definition) is 0. The fourth-order valence-electron chi connectivity index (χ4n) is 1.65. The number of hydrogen-bond acceptors (Lipinski definition) is 4. The average molecular weight is 352 g/mol. The van der Waals surface area contributed by atoms with E-state index in [4.69, 9.17) is 4.74 Å². The normalized spacial score (nSPS) is 10.3. The third-order valence-electron chi connectivity index (χ3n) is 2.74. The number of thioether (sulfide) groups is 1. The summed E-state index contributed by atoms with van der Waals surface area (Å²) in [6.45, 7) is 1.90. The summed E-state index contributed by atoms with van der Waals surface area (Å²) >= 11 is 4.93. The van der Waals surface area contributed by atoms with Crippen LogP contribution in [0.3, 0.4) is 0 Å². The van der Waals surface area contributed by atoms with Crippen molar-refractivity contribution in [1.29, 1.82) is 0 Å². The van der Waals surface area contributed by atoms with Gasteiger partial charge in [0.25, 0.3) is 0 Å². The third kappa shape index (κ3) is 3.61. The second-order valence-corrected chi connectivity index (χ2v) is 5.99. The first-order valence-electron chi connectivity index (χ1n) is 6.04. The fraction of sp³-hybridized carbons (Fsp3) is 0.200. The Morgan fingerprint density at radius 3 is 2.70 bits per heavy atom. The molecule has 0 aliphatic carbocycles. The molecule has 0 amide bonds. The van der Waals surface area contributed by atoms with E-state index in [1.54, 1.807) is 6.07 Å². The van der Waals surface area contributed by atoms with E-state index in [0.717, 1.165) is 15.9 Å². The van der Waals surface area contributed by atoms with Crippen molar-refractivity contribution in [3.63, 3.8) is 0 Å². The highest BCUT2D eigenvalue weighted by atomic mass is 79.9. The standard InChI is InChI=1S/C15H14BrNO2S/c1-10-13(16)8-12(15(18)19-2)14(17-10)20-9-11-6-4-3-5-7-11/h3-8H,9H2,1-2H3. The number of nitrogens with zero attached hydrogens (tertiary/aromatic N) is 1. The lowest BCUT2D eigenvalue weighted by Gasteiger charge is -2.09. The molecule has 3 nitrogen and oxygen atoms in total. The van der Waals surface area contributed by atoms with Crippen molar-refractivity contribution in [2.45, 2.75) is 17.7 Å². The van der Waals surface area contributed by atoms with E-state index in [1.165, 1.54) is 24.4 Å². The Hall–Kier alpha value is -1.33. The van der Waals surface area contributed by atoms with Crippen molar-refractivity contribution < 1.29 is 9.53 Å². The molecule has 1 aromatic carbocycles. The monoisotopic (exact) mass is 351 g/mol. The average Bonchev–Trinajstić information content (AvgIpc) is 2.48. The summed E-state index contributed by atoms with van der Waals surface area (Å²) in [5, 5.41) is 0.696. The predicted octanol–water partition coefficient (Wildman–Crippen LogP) is 4.23. The molecular weight excluding hydrogens is 338 g/mol. The number of aryl methyl sites for hydroxylation is 1. The quantitative estimate of drug-likeness (QED) is 0.610. The SMILES string of the molecule is COC(=O)c1cc(Br)c(C)nc1SCc1ccccc1. The molecule has 2 aromatic rings. The van der Waals surface area contributed by atoms with Gasteiger partial charge in [-0.25, -0.2) is 9.78 Å². The number of benzene rings is 1. The highest BCUT2D eigenvalue weighted by Gasteiger charge is 2.16. The van der Waals surface area contributed by atoms with Crippen molar-refractivity contribution >= 4 is 33.7 Å². The number of esters is 1. The number of carbonyl (C=O) groups excluding carboxylic acids is 1. The highest BCUT2D eigenvalue weighted by molar-refractivity contribution is 9.10. The van der Waals surface area contributed by atoms with Crippen LogP contribution in [0.5, 0.6) is 0 Å². The second-order valence-electron chi connectivity index (χ2n) is 4.17. The van der Waals surface area contributed by atoms with Gasteiger partial charge in [0.15, 0.2) is 0 Å². The Morgan fingerprint density at radius 1 is 1.35 bits per heavy atom. The minimum atomic E-state index is -0.367. The van der Waals surface area contributed by atoms with Gasteiger partial charge in [-0.05, 0) is 34.5 Å². The van der Waals surface area contributed by atoms with Gasteiger partial charge in [0.2, 0.25) is 0 Å². The van der Waals surface area contributed by atoms with Gasteiger partial charge in [0.1, 0.15) is 5.03 Å². The van der Waals surface area contributed by atoms with E-state index < -0.39 is 0 Å². The van der Waals surface area contributed by atoms with Crippen LogP contribution in [0.4, 0.5) is 0 Å². The zero-order valence-electron chi connectivity index (χ0n) is 11.2. The van der Waals surface area contributed by atoms with Crippen molar-refractivity contribution in [3.8, 4) is 0 Å². The zero-order valence-corrected chi connectivity index (χ0v) is 13.6. The molecular formula is C15H14BrNO2S. The van der Waals surface area contributed by atoms with Crippen LogP contribution in [0, 0.1) is 6.92 Å². The number of carbonyl (C=O) groups is 1. The van der Waals surface area contributed by atoms with Gasteiger partial charge in [-0.15, -0.1) is 11.8 Å². The van der Waals surface area contributed by atoms with Gasteiger partial charge >= 0.3 is 5.97 Å². The van der Waals surface area contributed by atoms with Crippen molar-refractivity contribution in [3.05, 3.63) is 57.7 Å². The first-order chi connectivity index (χ1) is 9.61. The number of pyridine rings is 1. The molecule has 0 aliphatic heterocycles. The Morgan fingerprint density at radius 2 is 2.05 bits per heavy atom. The van der Waals surface area contributed by atoms with Crippen LogP contribution in [0.1, 0.15) is 21.6 Å². The Balaban J connectivity index is 2.26. The molecule has 0 radical (unpaired) electrons. The van der Waals surface area contributed by atoms with E-state index in [-0.39, 0.29) is 5.97 Å². The van der Waals surface area contributed by atoms with Gasteiger partial charge in [0.05, 0.1) is 18.4 Å². The largest absolute Gasteiger partial charge is 0.465 e. The molecule has 0 saturated carbocycles. The molecule has 0 spiro atoms. The summed E-state index contributed by atoms with van der Waals surface area (Å²) in [7, 11) is 1.38. The molecule has 104 valence electrons. The van der Waals surface area contributed by atoms with E-state index in [1.807, 2.05) is 25.1 Å². The highest BCUT2D eigenvalue weighted by Crippen LogP contribution is 2.28. The number of aromatic nitrogens is 1. The Labute approximate surface area is 130 Å². The molecule has 0 saturated heterocycles. The molecule has 0 bridgehead atoms. The van der Waals surface area contributed by atoms with E-state index in [2.05, 4.69) is 33.0 Å². The van der Waals surface area contributed by atoms with Gasteiger partial charge in [-0.2, -0.15) is 0 Å². The summed E-state index contributed by atoms with van der Waals surface area (Å²) in [6.07, 6.45) is 0. The lowest BCUT2D eigenvalue weighted by atomic mass is 10.2. The second kappa shape index (κ2) is 6.90. The Kier molecular flexibility index (Phi) is 5.20. The molecule has 1 heterocycles. The van der Waals surface area contributed by atoms with Crippen LogP contribution in [-0.4, -0.2) is 18.1 Å². The summed E-state index contributed by atoms with van der Waals surface area (Å²) in [4.78, 5) is 16.3. The molecule has 0 aliphatic rings. The maximum atomic E-state index is 11.8. The molecule has 0 N–H and O–H groups in total. The minimum absolute atomic E-state index is 0.367. The maximum absolute atomic E-state index is 11.8.